The summed E-state index contributed by atoms with van der Waals surface area (Å²) in [5, 5.41) is 0. The third-order valence-corrected chi connectivity index (χ3v) is 3.70. The first-order chi connectivity index (χ1) is 10.8. The summed E-state index contributed by atoms with van der Waals surface area (Å²) >= 11 is 0. The Kier molecular flexibility index (Phi) is 5.11. The topological polar surface area (TPSA) is 42.4 Å². The van der Waals surface area contributed by atoms with Crippen molar-refractivity contribution in [2.75, 3.05) is 19.7 Å². The molecule has 1 aromatic rings. The molecule has 1 fully saturated rings. The SMILES string of the molecule is CCCCOC(=O)N1CCC(F)(c2cccc(C(F)(F)F)n2)C1. The van der Waals surface area contributed by atoms with Gasteiger partial charge in [0, 0.05) is 13.0 Å². The van der Waals surface area contributed by atoms with E-state index in [1.807, 2.05) is 6.92 Å². The molecule has 0 bridgehead atoms. The number of carbonyl (C=O) groups is 1. The Hall–Kier alpha value is -1.86. The van der Waals surface area contributed by atoms with Gasteiger partial charge >= 0.3 is 12.3 Å². The van der Waals surface area contributed by atoms with Crippen molar-refractivity contribution in [1.82, 2.24) is 9.88 Å². The Balaban J connectivity index is 2.08. The predicted octanol–water partition coefficient (Wildman–Crippen LogP) is 3.91. The van der Waals surface area contributed by atoms with Crippen molar-refractivity contribution in [3.05, 3.63) is 29.6 Å². The zero-order valence-corrected chi connectivity index (χ0v) is 12.7. The molecule has 1 aromatic heterocycles. The van der Waals surface area contributed by atoms with E-state index in [0.717, 1.165) is 23.5 Å². The number of alkyl halides is 4. The van der Waals surface area contributed by atoms with Gasteiger partial charge in [0.2, 0.25) is 0 Å². The van der Waals surface area contributed by atoms with Gasteiger partial charge in [0.15, 0.2) is 5.67 Å². The highest BCUT2D eigenvalue weighted by atomic mass is 19.4. The van der Waals surface area contributed by atoms with E-state index >= 15 is 0 Å². The monoisotopic (exact) mass is 334 g/mol. The molecular weight excluding hydrogens is 316 g/mol. The summed E-state index contributed by atoms with van der Waals surface area (Å²) < 4.78 is 58.0. The van der Waals surface area contributed by atoms with Crippen LogP contribution in [0.4, 0.5) is 22.4 Å². The maximum Gasteiger partial charge on any atom is 0.433 e. The quantitative estimate of drug-likeness (QED) is 0.619. The zero-order chi connectivity index (χ0) is 17.1. The van der Waals surface area contributed by atoms with E-state index in [4.69, 9.17) is 4.74 Å². The summed E-state index contributed by atoms with van der Waals surface area (Å²) in [7, 11) is 0. The summed E-state index contributed by atoms with van der Waals surface area (Å²) in [5.41, 5.74) is -3.54. The Morgan fingerprint density at radius 2 is 2.17 bits per heavy atom. The summed E-state index contributed by atoms with van der Waals surface area (Å²) in [5.74, 6) is 0. The van der Waals surface area contributed by atoms with E-state index in [1.165, 1.54) is 6.07 Å². The molecule has 0 aliphatic carbocycles. The molecule has 8 heteroatoms. The van der Waals surface area contributed by atoms with Gasteiger partial charge in [0.25, 0.3) is 0 Å². The van der Waals surface area contributed by atoms with Gasteiger partial charge in [0.1, 0.15) is 5.69 Å². The standard InChI is InChI=1S/C15H18F4N2O2/c1-2-3-9-23-13(22)21-8-7-14(16,10-21)11-5-4-6-12(20-11)15(17,18)19/h4-6H,2-3,7-10H2,1H3. The molecule has 2 heterocycles. The number of unbranched alkanes of at least 4 members (excludes halogenated alkanes) is 1. The molecule has 1 aliphatic heterocycles. The van der Waals surface area contributed by atoms with Crippen LogP contribution < -0.4 is 0 Å². The number of aromatic nitrogens is 1. The van der Waals surface area contributed by atoms with Crippen molar-refractivity contribution in [2.24, 2.45) is 0 Å². The lowest BCUT2D eigenvalue weighted by atomic mass is 10.00. The van der Waals surface area contributed by atoms with Crippen molar-refractivity contribution < 1.29 is 27.1 Å². The van der Waals surface area contributed by atoms with Gasteiger partial charge in [-0.05, 0) is 18.6 Å². The first kappa shape index (κ1) is 17.5. The fourth-order valence-electron chi connectivity index (χ4n) is 2.37. The molecule has 1 atom stereocenters. The minimum atomic E-state index is -4.64. The van der Waals surface area contributed by atoms with Crippen molar-refractivity contribution in [1.29, 1.82) is 0 Å². The zero-order valence-electron chi connectivity index (χ0n) is 12.7. The molecule has 1 amide bonds. The maximum absolute atomic E-state index is 14.9. The number of ether oxygens (including phenoxy) is 1. The Bertz CT molecular complexity index is 565. The smallest absolute Gasteiger partial charge is 0.433 e. The third-order valence-electron chi connectivity index (χ3n) is 3.70. The number of nitrogens with zero attached hydrogens (tertiary/aromatic N) is 2. The molecule has 0 N–H and O–H groups in total. The van der Waals surface area contributed by atoms with Crippen molar-refractivity contribution in [2.45, 2.75) is 38.0 Å². The van der Waals surface area contributed by atoms with E-state index in [1.54, 1.807) is 0 Å². The fraction of sp³-hybridized carbons (Fsp3) is 0.600. The first-order valence-corrected chi connectivity index (χ1v) is 7.41. The van der Waals surface area contributed by atoms with E-state index in [-0.39, 0.29) is 31.8 Å². The predicted molar refractivity (Wildman–Crippen MR) is 74.5 cm³/mol. The van der Waals surface area contributed by atoms with Gasteiger partial charge in [-0.3, -0.25) is 0 Å². The van der Waals surface area contributed by atoms with E-state index in [0.29, 0.717) is 6.42 Å². The molecule has 0 aromatic carbocycles. The van der Waals surface area contributed by atoms with Gasteiger partial charge in [-0.25, -0.2) is 14.2 Å². The summed E-state index contributed by atoms with van der Waals surface area (Å²) in [6.07, 6.45) is -3.83. The summed E-state index contributed by atoms with van der Waals surface area (Å²) in [4.78, 5) is 16.4. The van der Waals surface area contributed by atoms with Crippen LogP contribution in [0.5, 0.6) is 0 Å². The van der Waals surface area contributed by atoms with Crippen LogP contribution in [0.15, 0.2) is 18.2 Å². The van der Waals surface area contributed by atoms with E-state index in [9.17, 15) is 22.4 Å². The number of halogens is 4. The Morgan fingerprint density at radius 3 is 2.83 bits per heavy atom. The third kappa shape index (κ3) is 4.11. The lowest BCUT2D eigenvalue weighted by Crippen LogP contribution is -2.33. The average molecular weight is 334 g/mol. The van der Waals surface area contributed by atoms with Crippen molar-refractivity contribution in [3.63, 3.8) is 0 Å². The molecule has 0 saturated carbocycles. The maximum atomic E-state index is 14.9. The lowest BCUT2D eigenvalue weighted by molar-refractivity contribution is -0.141. The molecule has 0 radical (unpaired) electrons. The molecular formula is C15H18F4N2O2. The summed E-state index contributed by atoms with van der Waals surface area (Å²) in [6.45, 7) is 1.91. The van der Waals surface area contributed by atoms with Crippen LogP contribution in [-0.4, -0.2) is 35.7 Å². The second-order valence-electron chi connectivity index (χ2n) is 5.51. The number of hydrogen-bond donors (Lipinski definition) is 0. The van der Waals surface area contributed by atoms with Crippen molar-refractivity contribution in [3.8, 4) is 0 Å². The van der Waals surface area contributed by atoms with Crippen LogP contribution in [0.2, 0.25) is 0 Å². The number of carbonyl (C=O) groups excluding carboxylic acids is 1. The van der Waals surface area contributed by atoms with Crippen molar-refractivity contribution >= 4 is 6.09 Å². The highest BCUT2D eigenvalue weighted by molar-refractivity contribution is 5.68. The summed E-state index contributed by atoms with van der Waals surface area (Å²) in [6, 6.07) is 3.12. The Labute approximate surface area is 131 Å². The number of rotatable bonds is 4. The largest absolute Gasteiger partial charge is 0.449 e. The molecule has 23 heavy (non-hydrogen) atoms. The first-order valence-electron chi connectivity index (χ1n) is 7.41. The molecule has 128 valence electrons. The van der Waals surface area contributed by atoms with Gasteiger partial charge in [-0.15, -0.1) is 0 Å². The van der Waals surface area contributed by atoms with Crippen LogP contribution >= 0.6 is 0 Å². The van der Waals surface area contributed by atoms with E-state index in [2.05, 4.69) is 4.98 Å². The average Bonchev–Trinajstić information content (AvgIpc) is 2.91. The van der Waals surface area contributed by atoms with Crippen LogP contribution in [-0.2, 0) is 16.6 Å². The second kappa shape index (κ2) is 6.72. The highest BCUT2D eigenvalue weighted by Crippen LogP contribution is 2.37. The molecule has 2 rings (SSSR count). The number of likely N-dealkylation sites (tertiary alicyclic amines) is 1. The number of hydrogen-bond acceptors (Lipinski definition) is 3. The number of pyridine rings is 1. The minimum Gasteiger partial charge on any atom is -0.449 e. The van der Waals surface area contributed by atoms with Crippen LogP contribution in [0.25, 0.3) is 0 Å². The van der Waals surface area contributed by atoms with Gasteiger partial charge in [-0.2, -0.15) is 13.2 Å². The molecule has 4 nitrogen and oxygen atoms in total. The Morgan fingerprint density at radius 1 is 1.43 bits per heavy atom. The van der Waals surface area contributed by atoms with Gasteiger partial charge in [-0.1, -0.05) is 19.4 Å². The van der Waals surface area contributed by atoms with E-state index < -0.39 is 23.6 Å². The molecule has 1 unspecified atom stereocenters. The molecule has 1 aliphatic rings. The normalized spacial score (nSPS) is 21.5. The fourth-order valence-corrected chi connectivity index (χ4v) is 2.37. The second-order valence-corrected chi connectivity index (χ2v) is 5.51. The molecule has 1 saturated heterocycles. The minimum absolute atomic E-state index is 0.0827. The lowest BCUT2D eigenvalue weighted by Gasteiger charge is -2.21. The highest BCUT2D eigenvalue weighted by Gasteiger charge is 2.44. The van der Waals surface area contributed by atoms with Crippen LogP contribution in [0.1, 0.15) is 37.6 Å². The number of amides is 1. The van der Waals surface area contributed by atoms with Gasteiger partial charge < -0.3 is 9.64 Å². The van der Waals surface area contributed by atoms with Crippen LogP contribution in [0, 0.1) is 0 Å². The van der Waals surface area contributed by atoms with Crippen LogP contribution in [0.3, 0.4) is 0 Å². The molecule has 0 spiro atoms. The van der Waals surface area contributed by atoms with Gasteiger partial charge in [0.05, 0.1) is 18.8 Å².